The summed E-state index contributed by atoms with van der Waals surface area (Å²) in [4.78, 5) is 4.44. The third kappa shape index (κ3) is 2.71. The smallest absolute Gasteiger partial charge is 0.256 e. The van der Waals surface area contributed by atoms with Gasteiger partial charge in [-0.15, -0.1) is 0 Å². The Kier molecular flexibility index (Phi) is 4.01. The van der Waals surface area contributed by atoms with E-state index < -0.39 is 5.60 Å². The van der Waals surface area contributed by atoms with Crippen LogP contribution < -0.4 is 5.73 Å². The highest BCUT2D eigenvalue weighted by atomic mass is 32.2. The van der Waals surface area contributed by atoms with Crippen LogP contribution in [0.5, 0.6) is 0 Å². The zero-order valence-electron chi connectivity index (χ0n) is 11.4. The molecule has 3 rings (SSSR count). The van der Waals surface area contributed by atoms with E-state index in [1.54, 1.807) is 11.8 Å². The molecule has 0 spiro atoms. The number of benzene rings is 1. The van der Waals surface area contributed by atoms with Crippen LogP contribution in [0.2, 0.25) is 0 Å². The molecule has 108 valence electrons. The van der Waals surface area contributed by atoms with Crippen LogP contribution in [0.15, 0.2) is 33.9 Å². The third-order valence-electron chi connectivity index (χ3n) is 4.24. The Morgan fingerprint density at radius 3 is 3.10 bits per heavy atom. The van der Waals surface area contributed by atoms with Crippen molar-refractivity contribution in [1.29, 1.82) is 0 Å². The van der Waals surface area contributed by atoms with Crippen molar-refractivity contribution < 1.29 is 9.52 Å². The molecule has 2 unspecified atom stereocenters. The lowest BCUT2D eigenvalue weighted by atomic mass is 9.89. The van der Waals surface area contributed by atoms with Gasteiger partial charge in [0.15, 0.2) is 5.58 Å². The zero-order chi connectivity index (χ0) is 14.0. The van der Waals surface area contributed by atoms with E-state index in [1.165, 1.54) is 0 Å². The lowest BCUT2D eigenvalue weighted by Crippen LogP contribution is -2.41. The summed E-state index contributed by atoms with van der Waals surface area (Å²) in [5.41, 5.74) is 6.78. The Morgan fingerprint density at radius 1 is 1.45 bits per heavy atom. The predicted octanol–water partition coefficient (Wildman–Crippen LogP) is 2.80. The molecule has 1 aromatic carbocycles. The summed E-state index contributed by atoms with van der Waals surface area (Å²) in [6.45, 7) is 0.366. The number of para-hydroxylation sites is 2. The van der Waals surface area contributed by atoms with Gasteiger partial charge in [0, 0.05) is 12.3 Å². The Bertz CT molecular complexity index is 553. The molecular weight excluding hydrogens is 272 g/mol. The van der Waals surface area contributed by atoms with Gasteiger partial charge in [-0.3, -0.25) is 0 Å². The van der Waals surface area contributed by atoms with E-state index in [0.29, 0.717) is 17.7 Å². The standard InChI is InChI=1S/C15H20N2O2S/c16-10-15(18)8-3-4-11(15)7-9-20-14-17-12-5-1-2-6-13(12)19-14/h1-2,5-6,11,18H,3-4,7-10,16H2. The number of aromatic nitrogens is 1. The van der Waals surface area contributed by atoms with Gasteiger partial charge >= 0.3 is 0 Å². The van der Waals surface area contributed by atoms with Gasteiger partial charge in [0.25, 0.3) is 5.22 Å². The van der Waals surface area contributed by atoms with E-state index in [2.05, 4.69) is 4.98 Å². The number of aliphatic hydroxyl groups is 1. The van der Waals surface area contributed by atoms with Gasteiger partial charge < -0.3 is 15.3 Å². The molecule has 0 aliphatic heterocycles. The average Bonchev–Trinajstić information content (AvgIpc) is 3.03. The van der Waals surface area contributed by atoms with Gasteiger partial charge in [0.05, 0.1) is 5.60 Å². The molecule has 1 fully saturated rings. The van der Waals surface area contributed by atoms with Crippen LogP contribution in [-0.2, 0) is 0 Å². The molecule has 1 aliphatic carbocycles. The number of thioether (sulfide) groups is 1. The molecule has 1 heterocycles. The highest BCUT2D eigenvalue weighted by Gasteiger charge is 2.39. The van der Waals surface area contributed by atoms with Crippen LogP contribution in [0.1, 0.15) is 25.7 Å². The van der Waals surface area contributed by atoms with Crippen LogP contribution >= 0.6 is 11.8 Å². The quantitative estimate of drug-likeness (QED) is 0.829. The number of hydrogen-bond donors (Lipinski definition) is 2. The fourth-order valence-corrected chi connectivity index (χ4v) is 3.90. The number of nitrogens with zero attached hydrogens (tertiary/aromatic N) is 1. The largest absolute Gasteiger partial charge is 0.431 e. The lowest BCUT2D eigenvalue weighted by molar-refractivity contribution is 0.0103. The summed E-state index contributed by atoms with van der Waals surface area (Å²) >= 11 is 1.61. The first-order valence-electron chi connectivity index (χ1n) is 7.12. The molecule has 0 saturated heterocycles. The first-order valence-corrected chi connectivity index (χ1v) is 8.11. The maximum Gasteiger partial charge on any atom is 0.256 e. The summed E-state index contributed by atoms with van der Waals surface area (Å²) in [6.07, 6.45) is 3.94. The molecule has 0 bridgehead atoms. The summed E-state index contributed by atoms with van der Waals surface area (Å²) in [5, 5.41) is 11.1. The molecular formula is C15H20N2O2S. The molecule has 0 amide bonds. The second-order valence-electron chi connectivity index (χ2n) is 5.48. The van der Waals surface area contributed by atoms with Crippen LogP contribution in [0.3, 0.4) is 0 Å². The molecule has 20 heavy (non-hydrogen) atoms. The van der Waals surface area contributed by atoms with Crippen molar-refractivity contribution in [2.75, 3.05) is 12.3 Å². The number of hydrogen-bond acceptors (Lipinski definition) is 5. The van der Waals surface area contributed by atoms with Crippen molar-refractivity contribution >= 4 is 22.9 Å². The predicted molar refractivity (Wildman–Crippen MR) is 80.7 cm³/mol. The minimum atomic E-state index is -0.651. The van der Waals surface area contributed by atoms with Gasteiger partial charge in [-0.1, -0.05) is 30.3 Å². The fraction of sp³-hybridized carbons (Fsp3) is 0.533. The van der Waals surface area contributed by atoms with Crippen molar-refractivity contribution in [1.82, 2.24) is 4.98 Å². The van der Waals surface area contributed by atoms with Crippen LogP contribution in [0.4, 0.5) is 0 Å². The number of nitrogens with two attached hydrogens (primary N) is 1. The van der Waals surface area contributed by atoms with E-state index in [9.17, 15) is 5.11 Å². The zero-order valence-corrected chi connectivity index (χ0v) is 12.2. The van der Waals surface area contributed by atoms with Gasteiger partial charge in [-0.2, -0.15) is 0 Å². The van der Waals surface area contributed by atoms with E-state index in [1.807, 2.05) is 24.3 Å². The van der Waals surface area contributed by atoms with Crippen molar-refractivity contribution in [2.45, 2.75) is 36.5 Å². The van der Waals surface area contributed by atoms with E-state index in [4.69, 9.17) is 10.2 Å². The molecule has 3 N–H and O–H groups in total. The molecule has 1 saturated carbocycles. The molecule has 1 aromatic heterocycles. The minimum absolute atomic E-state index is 0.310. The molecule has 1 aliphatic rings. The van der Waals surface area contributed by atoms with E-state index in [0.717, 1.165) is 42.5 Å². The van der Waals surface area contributed by atoms with Crippen molar-refractivity contribution in [2.24, 2.45) is 11.7 Å². The Morgan fingerprint density at radius 2 is 2.30 bits per heavy atom. The third-order valence-corrected chi connectivity index (χ3v) is 5.10. The minimum Gasteiger partial charge on any atom is -0.431 e. The first kappa shape index (κ1) is 13.9. The molecule has 2 aromatic rings. The summed E-state index contributed by atoms with van der Waals surface area (Å²) in [7, 11) is 0. The summed E-state index contributed by atoms with van der Waals surface area (Å²) in [5.74, 6) is 1.21. The Balaban J connectivity index is 1.57. The van der Waals surface area contributed by atoms with Crippen molar-refractivity contribution in [3.8, 4) is 0 Å². The number of oxazole rings is 1. The molecule has 4 nitrogen and oxygen atoms in total. The normalized spacial score (nSPS) is 26.4. The van der Waals surface area contributed by atoms with E-state index in [-0.39, 0.29) is 0 Å². The molecule has 0 radical (unpaired) electrons. The van der Waals surface area contributed by atoms with Crippen molar-refractivity contribution in [3.05, 3.63) is 24.3 Å². The second kappa shape index (κ2) is 5.76. The lowest BCUT2D eigenvalue weighted by Gasteiger charge is -2.28. The fourth-order valence-electron chi connectivity index (χ4n) is 3.01. The highest BCUT2D eigenvalue weighted by Crippen LogP contribution is 2.38. The van der Waals surface area contributed by atoms with Gasteiger partial charge in [-0.25, -0.2) is 4.98 Å². The van der Waals surface area contributed by atoms with Gasteiger partial charge in [0.1, 0.15) is 5.52 Å². The summed E-state index contributed by atoms with van der Waals surface area (Å²) < 4.78 is 5.68. The second-order valence-corrected chi connectivity index (χ2v) is 6.53. The maximum absolute atomic E-state index is 10.4. The van der Waals surface area contributed by atoms with Crippen LogP contribution in [0.25, 0.3) is 11.1 Å². The number of rotatable bonds is 5. The topological polar surface area (TPSA) is 72.3 Å². The molecule has 5 heteroatoms. The Hall–Kier alpha value is -1.04. The Labute approximate surface area is 122 Å². The monoisotopic (exact) mass is 292 g/mol. The van der Waals surface area contributed by atoms with Gasteiger partial charge in [0.2, 0.25) is 0 Å². The first-order chi connectivity index (χ1) is 9.71. The van der Waals surface area contributed by atoms with E-state index >= 15 is 0 Å². The average molecular weight is 292 g/mol. The molecule has 2 atom stereocenters. The van der Waals surface area contributed by atoms with Crippen molar-refractivity contribution in [3.63, 3.8) is 0 Å². The number of fused-ring (bicyclic) bond motifs is 1. The highest BCUT2D eigenvalue weighted by molar-refractivity contribution is 7.99. The van der Waals surface area contributed by atoms with Gasteiger partial charge in [-0.05, 0) is 37.3 Å². The summed E-state index contributed by atoms with van der Waals surface area (Å²) in [6, 6.07) is 7.78. The van der Waals surface area contributed by atoms with Crippen LogP contribution in [-0.4, -0.2) is 28.0 Å². The SMILES string of the molecule is NCC1(O)CCCC1CCSc1nc2ccccc2o1. The maximum atomic E-state index is 10.4. The van der Waals surface area contributed by atoms with Crippen LogP contribution in [0, 0.1) is 5.92 Å².